The molecule has 128 valence electrons. The van der Waals surface area contributed by atoms with E-state index in [9.17, 15) is 4.79 Å². The molecule has 0 aliphatic carbocycles. The summed E-state index contributed by atoms with van der Waals surface area (Å²) in [5.74, 6) is 0.751. The summed E-state index contributed by atoms with van der Waals surface area (Å²) in [5.41, 5.74) is 1.42. The first-order chi connectivity index (χ1) is 12.0. The molecule has 0 atom stereocenters. The third-order valence-corrected chi connectivity index (χ3v) is 4.20. The van der Waals surface area contributed by atoms with Gasteiger partial charge >= 0.3 is 5.97 Å². The molecule has 0 saturated heterocycles. The lowest BCUT2D eigenvalue weighted by Crippen LogP contribution is -2.06. The molecular formula is C18H13Cl2NO4. The van der Waals surface area contributed by atoms with E-state index in [4.69, 9.17) is 37.4 Å². The van der Waals surface area contributed by atoms with Crippen LogP contribution in [0.5, 0.6) is 11.5 Å². The highest BCUT2D eigenvalue weighted by Gasteiger charge is 2.25. The maximum Gasteiger partial charge on any atom is 0.363 e. The molecule has 0 fully saturated rings. The van der Waals surface area contributed by atoms with Crippen LogP contribution in [0.2, 0.25) is 10.0 Å². The van der Waals surface area contributed by atoms with Crippen LogP contribution in [0.15, 0.2) is 47.1 Å². The topological polar surface area (TPSA) is 57.1 Å². The number of nitrogens with zero attached hydrogens (tertiary/aromatic N) is 1. The van der Waals surface area contributed by atoms with E-state index >= 15 is 0 Å². The summed E-state index contributed by atoms with van der Waals surface area (Å²) in [7, 11) is 3.08. The second-order valence-corrected chi connectivity index (χ2v) is 5.93. The minimum atomic E-state index is -0.553. The summed E-state index contributed by atoms with van der Waals surface area (Å²) in [4.78, 5) is 16.4. The van der Waals surface area contributed by atoms with Crippen LogP contribution in [0.1, 0.15) is 11.1 Å². The van der Waals surface area contributed by atoms with Gasteiger partial charge in [-0.3, -0.25) is 0 Å². The van der Waals surface area contributed by atoms with Crippen LogP contribution < -0.4 is 9.47 Å². The number of carbonyl (C=O) groups excluding carboxylic acids is 1. The molecular weight excluding hydrogens is 365 g/mol. The summed E-state index contributed by atoms with van der Waals surface area (Å²) in [6, 6.07) is 10.2. The van der Waals surface area contributed by atoms with Crippen molar-refractivity contribution in [2.24, 2.45) is 4.99 Å². The maximum absolute atomic E-state index is 12.1. The van der Waals surface area contributed by atoms with Crippen molar-refractivity contribution < 1.29 is 19.0 Å². The van der Waals surface area contributed by atoms with E-state index in [1.54, 1.807) is 42.5 Å². The van der Waals surface area contributed by atoms with Gasteiger partial charge in [-0.1, -0.05) is 29.3 Å². The molecule has 0 aromatic heterocycles. The minimum absolute atomic E-state index is 0.162. The number of hydrogen-bond donors (Lipinski definition) is 0. The Kier molecular flexibility index (Phi) is 4.97. The highest BCUT2D eigenvalue weighted by Crippen LogP contribution is 2.28. The third kappa shape index (κ3) is 3.78. The van der Waals surface area contributed by atoms with Gasteiger partial charge in [0, 0.05) is 11.6 Å². The molecule has 25 heavy (non-hydrogen) atoms. The highest BCUT2D eigenvalue weighted by atomic mass is 35.5. The Bertz CT molecular complexity index is 884. The van der Waals surface area contributed by atoms with Crippen molar-refractivity contribution in [3.63, 3.8) is 0 Å². The number of methoxy groups -OCH3 is 2. The predicted octanol–water partition coefficient (Wildman–Crippen LogP) is 4.36. The summed E-state index contributed by atoms with van der Waals surface area (Å²) < 4.78 is 15.7. The molecule has 2 aromatic carbocycles. The Morgan fingerprint density at radius 3 is 2.28 bits per heavy atom. The monoisotopic (exact) mass is 377 g/mol. The molecule has 0 radical (unpaired) electrons. The van der Waals surface area contributed by atoms with Crippen LogP contribution >= 0.6 is 23.2 Å². The van der Waals surface area contributed by atoms with Crippen molar-refractivity contribution in [2.75, 3.05) is 14.2 Å². The molecule has 1 aliphatic heterocycles. The number of benzene rings is 2. The average molecular weight is 378 g/mol. The number of aliphatic imine (C=N–C) groups is 1. The lowest BCUT2D eigenvalue weighted by molar-refractivity contribution is -0.129. The zero-order valence-corrected chi connectivity index (χ0v) is 14.9. The first-order valence-electron chi connectivity index (χ1n) is 7.21. The van der Waals surface area contributed by atoms with Gasteiger partial charge in [-0.25, -0.2) is 9.79 Å². The average Bonchev–Trinajstić information content (AvgIpc) is 2.98. The third-order valence-electron chi connectivity index (χ3n) is 3.47. The quantitative estimate of drug-likeness (QED) is 0.586. The van der Waals surface area contributed by atoms with E-state index in [0.29, 0.717) is 32.7 Å². The summed E-state index contributed by atoms with van der Waals surface area (Å²) in [5, 5.41) is 0.828. The van der Waals surface area contributed by atoms with Crippen molar-refractivity contribution >= 4 is 41.1 Å². The zero-order valence-electron chi connectivity index (χ0n) is 13.4. The largest absolute Gasteiger partial charge is 0.497 e. The second kappa shape index (κ2) is 7.17. The summed E-state index contributed by atoms with van der Waals surface area (Å²) >= 11 is 11.9. The van der Waals surface area contributed by atoms with E-state index < -0.39 is 5.97 Å². The van der Waals surface area contributed by atoms with Gasteiger partial charge in [-0.2, -0.15) is 0 Å². The van der Waals surface area contributed by atoms with Crippen molar-refractivity contribution in [1.82, 2.24) is 0 Å². The van der Waals surface area contributed by atoms with E-state index in [2.05, 4.69) is 4.99 Å². The summed E-state index contributed by atoms with van der Waals surface area (Å²) in [6.45, 7) is 0. The number of ether oxygens (including phenoxy) is 3. The van der Waals surface area contributed by atoms with Gasteiger partial charge in [0.05, 0.1) is 24.3 Å². The molecule has 3 rings (SSSR count). The van der Waals surface area contributed by atoms with Crippen molar-refractivity contribution in [2.45, 2.75) is 0 Å². The Hall–Kier alpha value is -2.50. The predicted molar refractivity (Wildman–Crippen MR) is 96.6 cm³/mol. The number of esters is 1. The Morgan fingerprint density at radius 1 is 1.00 bits per heavy atom. The molecule has 1 heterocycles. The molecule has 0 saturated carbocycles. The summed E-state index contributed by atoms with van der Waals surface area (Å²) in [6.07, 6.45) is 1.58. The molecule has 7 heteroatoms. The number of hydrogen-bond acceptors (Lipinski definition) is 5. The van der Waals surface area contributed by atoms with Gasteiger partial charge in [-0.05, 0) is 35.9 Å². The van der Waals surface area contributed by atoms with Crippen LogP contribution in [-0.4, -0.2) is 26.1 Å². The Morgan fingerprint density at radius 2 is 1.68 bits per heavy atom. The first kappa shape index (κ1) is 17.3. The lowest BCUT2D eigenvalue weighted by Gasteiger charge is -2.07. The number of carbonyl (C=O) groups is 1. The SMILES string of the molecule is COc1cc(OC)cc(C2=N/C(=C\c3ccc(Cl)c(Cl)c3)C(=O)O2)c1. The Balaban J connectivity index is 1.97. The molecule has 0 spiro atoms. The molecule has 1 aliphatic rings. The van der Waals surface area contributed by atoms with Crippen LogP contribution in [0, 0.1) is 0 Å². The molecule has 0 bridgehead atoms. The van der Waals surface area contributed by atoms with Gasteiger partial charge in [-0.15, -0.1) is 0 Å². The number of halogens is 2. The van der Waals surface area contributed by atoms with E-state index in [1.807, 2.05) is 0 Å². The van der Waals surface area contributed by atoms with Gasteiger partial charge in [0.25, 0.3) is 0 Å². The van der Waals surface area contributed by atoms with Crippen LogP contribution in [0.4, 0.5) is 0 Å². The van der Waals surface area contributed by atoms with Crippen LogP contribution in [-0.2, 0) is 9.53 Å². The molecule has 0 amide bonds. The zero-order chi connectivity index (χ0) is 18.0. The van der Waals surface area contributed by atoms with Crippen molar-refractivity contribution in [3.8, 4) is 11.5 Å². The molecule has 2 aromatic rings. The van der Waals surface area contributed by atoms with Gasteiger partial charge in [0.2, 0.25) is 5.90 Å². The fourth-order valence-corrected chi connectivity index (χ4v) is 2.53. The van der Waals surface area contributed by atoms with Gasteiger partial charge < -0.3 is 14.2 Å². The normalized spacial score (nSPS) is 15.1. The fraction of sp³-hybridized carbons (Fsp3) is 0.111. The first-order valence-corrected chi connectivity index (χ1v) is 7.97. The van der Waals surface area contributed by atoms with E-state index in [0.717, 1.165) is 0 Å². The smallest absolute Gasteiger partial charge is 0.363 e. The van der Waals surface area contributed by atoms with Crippen molar-refractivity contribution in [3.05, 3.63) is 63.3 Å². The van der Waals surface area contributed by atoms with Crippen molar-refractivity contribution in [1.29, 1.82) is 0 Å². The maximum atomic E-state index is 12.1. The second-order valence-electron chi connectivity index (χ2n) is 5.11. The van der Waals surface area contributed by atoms with Crippen LogP contribution in [0.25, 0.3) is 6.08 Å². The van der Waals surface area contributed by atoms with Gasteiger partial charge in [0.15, 0.2) is 5.70 Å². The fourth-order valence-electron chi connectivity index (χ4n) is 2.22. The highest BCUT2D eigenvalue weighted by molar-refractivity contribution is 6.42. The molecule has 0 N–H and O–H groups in total. The lowest BCUT2D eigenvalue weighted by atomic mass is 10.2. The van der Waals surface area contributed by atoms with E-state index in [1.165, 1.54) is 14.2 Å². The number of cyclic esters (lactones) is 1. The standard InChI is InChI=1S/C18H13Cl2NO4/c1-23-12-7-11(8-13(9-12)24-2)17-21-16(18(22)25-17)6-10-3-4-14(19)15(20)5-10/h3-9H,1-2H3/b16-6-. The molecule has 0 unspecified atom stereocenters. The number of rotatable bonds is 4. The minimum Gasteiger partial charge on any atom is -0.497 e. The molecule has 5 nitrogen and oxygen atoms in total. The van der Waals surface area contributed by atoms with Crippen LogP contribution in [0.3, 0.4) is 0 Å². The van der Waals surface area contributed by atoms with Gasteiger partial charge in [0.1, 0.15) is 11.5 Å². The van der Waals surface area contributed by atoms with E-state index in [-0.39, 0.29) is 11.6 Å². The Labute approximate surface area is 154 Å².